The van der Waals surface area contributed by atoms with E-state index < -0.39 is 4.92 Å². The predicted molar refractivity (Wildman–Crippen MR) is 69.1 cm³/mol. The van der Waals surface area contributed by atoms with E-state index in [-0.39, 0.29) is 5.69 Å². The van der Waals surface area contributed by atoms with Crippen LogP contribution in [-0.2, 0) is 0 Å². The summed E-state index contributed by atoms with van der Waals surface area (Å²) in [6, 6.07) is 12.4. The summed E-state index contributed by atoms with van der Waals surface area (Å²) in [4.78, 5) is 10.3. The molecule has 0 amide bonds. The van der Waals surface area contributed by atoms with E-state index in [0.717, 1.165) is 16.9 Å². The van der Waals surface area contributed by atoms with E-state index in [1.807, 2.05) is 30.3 Å². The first-order chi connectivity index (χ1) is 8.58. The fourth-order valence-corrected chi connectivity index (χ4v) is 1.80. The van der Waals surface area contributed by atoms with Crippen LogP contribution in [0.15, 0.2) is 42.5 Å². The summed E-state index contributed by atoms with van der Waals surface area (Å²) in [7, 11) is 0. The third-order valence-corrected chi connectivity index (χ3v) is 2.62. The van der Waals surface area contributed by atoms with Crippen molar-refractivity contribution in [3.05, 3.63) is 63.7 Å². The van der Waals surface area contributed by atoms with Crippen molar-refractivity contribution in [3.63, 3.8) is 0 Å². The van der Waals surface area contributed by atoms with E-state index >= 15 is 0 Å². The van der Waals surface area contributed by atoms with Gasteiger partial charge in [0.05, 0.1) is 4.92 Å². The first-order valence-corrected chi connectivity index (χ1v) is 5.56. The Morgan fingerprint density at radius 3 is 2.11 bits per heavy atom. The van der Waals surface area contributed by atoms with Gasteiger partial charge in [0.1, 0.15) is 11.5 Å². The van der Waals surface area contributed by atoms with Gasteiger partial charge in [0, 0.05) is 12.1 Å². The summed E-state index contributed by atoms with van der Waals surface area (Å²) >= 11 is 0. The molecular weight excluding hydrogens is 230 g/mol. The van der Waals surface area contributed by atoms with Crippen LogP contribution in [0.4, 0.5) is 5.69 Å². The van der Waals surface area contributed by atoms with E-state index in [0.29, 0.717) is 5.75 Å². The molecule has 0 aliphatic carbocycles. The van der Waals surface area contributed by atoms with Crippen molar-refractivity contribution in [3.8, 4) is 11.5 Å². The van der Waals surface area contributed by atoms with E-state index in [1.54, 1.807) is 13.8 Å². The molecule has 2 aromatic carbocycles. The minimum absolute atomic E-state index is 0.0883. The molecule has 0 bridgehead atoms. The Morgan fingerprint density at radius 1 is 1.06 bits per heavy atom. The maximum absolute atomic E-state index is 10.7. The Bertz CT molecular complexity index is 556. The lowest BCUT2D eigenvalue weighted by Gasteiger charge is -2.11. The van der Waals surface area contributed by atoms with Gasteiger partial charge in [-0.15, -0.1) is 0 Å². The second-order valence-electron chi connectivity index (χ2n) is 4.08. The predicted octanol–water partition coefficient (Wildman–Crippen LogP) is 4.00. The zero-order chi connectivity index (χ0) is 13.1. The molecule has 0 aromatic heterocycles. The molecule has 0 heterocycles. The Morgan fingerprint density at radius 2 is 1.61 bits per heavy atom. The number of para-hydroxylation sites is 1. The minimum atomic E-state index is -0.397. The van der Waals surface area contributed by atoms with Gasteiger partial charge < -0.3 is 4.74 Å². The zero-order valence-electron chi connectivity index (χ0n) is 10.2. The van der Waals surface area contributed by atoms with Crippen LogP contribution in [0.25, 0.3) is 0 Å². The highest BCUT2D eigenvalue weighted by Crippen LogP contribution is 2.31. The van der Waals surface area contributed by atoms with Crippen LogP contribution >= 0.6 is 0 Å². The standard InChI is InChI=1S/C14H13NO3/c1-10-8-12(15(16)17)9-11(2)14(10)18-13-6-4-3-5-7-13/h3-9H,1-2H3. The first-order valence-electron chi connectivity index (χ1n) is 5.56. The van der Waals surface area contributed by atoms with E-state index in [2.05, 4.69) is 0 Å². The normalized spacial score (nSPS) is 10.1. The van der Waals surface area contributed by atoms with Crippen molar-refractivity contribution < 1.29 is 9.66 Å². The number of ether oxygens (including phenoxy) is 1. The van der Waals surface area contributed by atoms with Gasteiger partial charge in [-0.2, -0.15) is 0 Å². The van der Waals surface area contributed by atoms with Crippen LogP contribution in [0, 0.1) is 24.0 Å². The number of nitro groups is 1. The highest BCUT2D eigenvalue weighted by Gasteiger charge is 2.13. The highest BCUT2D eigenvalue weighted by atomic mass is 16.6. The number of aryl methyl sites for hydroxylation is 2. The Hall–Kier alpha value is -2.36. The lowest BCUT2D eigenvalue weighted by Crippen LogP contribution is -1.95. The maximum atomic E-state index is 10.7. The van der Waals surface area contributed by atoms with Crippen molar-refractivity contribution in [2.45, 2.75) is 13.8 Å². The van der Waals surface area contributed by atoms with Crippen LogP contribution in [0.2, 0.25) is 0 Å². The van der Waals surface area contributed by atoms with Gasteiger partial charge in [-0.25, -0.2) is 0 Å². The summed E-state index contributed by atoms with van der Waals surface area (Å²) in [6.07, 6.45) is 0. The van der Waals surface area contributed by atoms with Gasteiger partial charge in [-0.3, -0.25) is 10.1 Å². The smallest absolute Gasteiger partial charge is 0.270 e. The summed E-state index contributed by atoms with van der Waals surface area (Å²) in [5.74, 6) is 1.39. The van der Waals surface area contributed by atoms with Crippen LogP contribution in [-0.4, -0.2) is 4.92 Å². The summed E-state index contributed by atoms with van der Waals surface area (Å²) in [5, 5.41) is 10.7. The Kier molecular flexibility index (Phi) is 3.28. The summed E-state index contributed by atoms with van der Waals surface area (Å²) < 4.78 is 5.75. The van der Waals surface area contributed by atoms with Gasteiger partial charge in [-0.1, -0.05) is 18.2 Å². The maximum Gasteiger partial charge on any atom is 0.270 e. The zero-order valence-corrected chi connectivity index (χ0v) is 10.2. The molecular formula is C14H13NO3. The fourth-order valence-electron chi connectivity index (χ4n) is 1.80. The number of non-ortho nitro benzene ring substituents is 1. The number of hydrogen-bond donors (Lipinski definition) is 0. The summed E-state index contributed by atoms with van der Waals surface area (Å²) in [5.41, 5.74) is 1.60. The molecule has 92 valence electrons. The van der Waals surface area contributed by atoms with E-state index in [4.69, 9.17) is 4.74 Å². The van der Waals surface area contributed by atoms with Gasteiger partial charge in [0.25, 0.3) is 5.69 Å². The SMILES string of the molecule is Cc1cc([N+](=O)[O-])cc(C)c1Oc1ccccc1. The molecule has 0 aliphatic heterocycles. The van der Waals surface area contributed by atoms with Crippen LogP contribution in [0.5, 0.6) is 11.5 Å². The highest BCUT2D eigenvalue weighted by molar-refractivity contribution is 5.50. The number of nitrogens with zero attached hydrogens (tertiary/aromatic N) is 1. The number of hydrogen-bond acceptors (Lipinski definition) is 3. The van der Waals surface area contributed by atoms with Crippen LogP contribution in [0.3, 0.4) is 0 Å². The molecule has 0 fully saturated rings. The number of benzene rings is 2. The average molecular weight is 243 g/mol. The quantitative estimate of drug-likeness (QED) is 0.604. The third kappa shape index (κ3) is 2.48. The molecule has 0 saturated heterocycles. The molecule has 0 atom stereocenters. The van der Waals surface area contributed by atoms with Gasteiger partial charge >= 0.3 is 0 Å². The van der Waals surface area contributed by atoms with Crippen molar-refractivity contribution in [1.82, 2.24) is 0 Å². The lowest BCUT2D eigenvalue weighted by molar-refractivity contribution is -0.385. The average Bonchev–Trinajstić information content (AvgIpc) is 2.34. The fraction of sp³-hybridized carbons (Fsp3) is 0.143. The van der Waals surface area contributed by atoms with Crippen LogP contribution in [0.1, 0.15) is 11.1 Å². The molecule has 0 N–H and O–H groups in total. The van der Waals surface area contributed by atoms with Crippen molar-refractivity contribution in [2.24, 2.45) is 0 Å². The van der Waals surface area contributed by atoms with E-state index in [1.165, 1.54) is 12.1 Å². The van der Waals surface area contributed by atoms with Gasteiger partial charge in [0.15, 0.2) is 0 Å². The molecule has 18 heavy (non-hydrogen) atoms. The van der Waals surface area contributed by atoms with Crippen LogP contribution < -0.4 is 4.74 Å². The monoisotopic (exact) mass is 243 g/mol. The van der Waals surface area contributed by atoms with Gasteiger partial charge in [0.2, 0.25) is 0 Å². The molecule has 2 rings (SSSR count). The Balaban J connectivity index is 2.37. The summed E-state index contributed by atoms with van der Waals surface area (Å²) in [6.45, 7) is 3.61. The molecule has 2 aromatic rings. The largest absolute Gasteiger partial charge is 0.457 e. The number of nitro benzene ring substituents is 1. The molecule has 0 radical (unpaired) electrons. The van der Waals surface area contributed by atoms with Crippen molar-refractivity contribution in [2.75, 3.05) is 0 Å². The minimum Gasteiger partial charge on any atom is -0.457 e. The first kappa shape index (κ1) is 12.1. The second-order valence-corrected chi connectivity index (χ2v) is 4.08. The molecule has 0 saturated carbocycles. The third-order valence-electron chi connectivity index (χ3n) is 2.62. The lowest BCUT2D eigenvalue weighted by atomic mass is 10.1. The van der Waals surface area contributed by atoms with Crippen molar-refractivity contribution in [1.29, 1.82) is 0 Å². The Labute approximate surface area is 105 Å². The molecule has 0 aliphatic rings. The topological polar surface area (TPSA) is 52.4 Å². The molecule has 0 spiro atoms. The van der Waals surface area contributed by atoms with Gasteiger partial charge in [-0.05, 0) is 37.1 Å². The molecule has 0 unspecified atom stereocenters. The van der Waals surface area contributed by atoms with Crippen molar-refractivity contribution >= 4 is 5.69 Å². The number of rotatable bonds is 3. The second kappa shape index (κ2) is 4.87. The van der Waals surface area contributed by atoms with E-state index in [9.17, 15) is 10.1 Å². The molecule has 4 nitrogen and oxygen atoms in total. The molecule has 4 heteroatoms.